The number of nitrogens with zero attached hydrogens (tertiary/aromatic N) is 2. The van der Waals surface area contributed by atoms with Crippen LogP contribution in [0.25, 0.3) is 6.08 Å². The fourth-order valence-corrected chi connectivity index (χ4v) is 3.14. The molecule has 2 amide bonds. The van der Waals surface area contributed by atoms with Gasteiger partial charge in [-0.1, -0.05) is 30.3 Å². The van der Waals surface area contributed by atoms with Crippen molar-refractivity contribution in [2.45, 2.75) is 19.4 Å². The molecule has 25 heavy (non-hydrogen) atoms. The lowest BCUT2D eigenvalue weighted by Crippen LogP contribution is -2.34. The van der Waals surface area contributed by atoms with Crippen molar-refractivity contribution in [1.82, 2.24) is 4.90 Å². The minimum Gasteiger partial charge on any atom is -0.345 e. The second-order valence-electron chi connectivity index (χ2n) is 6.55. The highest BCUT2D eigenvalue weighted by Gasteiger charge is 2.29. The third-order valence-electron chi connectivity index (χ3n) is 4.43. The molecule has 0 aromatic heterocycles. The third-order valence-corrected chi connectivity index (χ3v) is 4.43. The highest BCUT2D eigenvalue weighted by atomic mass is 16.2. The standard InChI is InChI=1S/C21H22N2O2/c1-15-14-18-6-4-5-7-19(18)23(15)20(24)13-10-16-8-11-17(12-9-16)21(25)22(2)3/h4-13,15H,14H2,1-3H3/b13-10+. The first kappa shape index (κ1) is 17.0. The molecule has 128 valence electrons. The Labute approximate surface area is 148 Å². The van der Waals surface area contributed by atoms with E-state index in [0.29, 0.717) is 5.56 Å². The van der Waals surface area contributed by atoms with Crippen molar-refractivity contribution in [3.8, 4) is 0 Å². The van der Waals surface area contributed by atoms with Gasteiger partial charge < -0.3 is 9.80 Å². The van der Waals surface area contributed by atoms with Gasteiger partial charge in [-0.15, -0.1) is 0 Å². The lowest BCUT2D eigenvalue weighted by Gasteiger charge is -2.20. The SMILES string of the molecule is CC1Cc2ccccc2N1C(=O)/C=C/c1ccc(C(=O)N(C)C)cc1. The second kappa shape index (κ2) is 6.93. The van der Waals surface area contributed by atoms with E-state index in [4.69, 9.17) is 0 Å². The first-order valence-corrected chi connectivity index (χ1v) is 8.38. The summed E-state index contributed by atoms with van der Waals surface area (Å²) in [7, 11) is 3.45. The third kappa shape index (κ3) is 3.48. The van der Waals surface area contributed by atoms with Gasteiger partial charge in [0.15, 0.2) is 0 Å². The predicted molar refractivity (Wildman–Crippen MR) is 101 cm³/mol. The molecule has 3 rings (SSSR count). The number of anilines is 1. The van der Waals surface area contributed by atoms with Crippen molar-refractivity contribution < 1.29 is 9.59 Å². The van der Waals surface area contributed by atoms with Gasteiger partial charge in [-0.3, -0.25) is 9.59 Å². The molecule has 1 aliphatic rings. The van der Waals surface area contributed by atoms with Crippen LogP contribution in [0.2, 0.25) is 0 Å². The lowest BCUT2D eigenvalue weighted by molar-refractivity contribution is -0.114. The molecule has 0 spiro atoms. The summed E-state index contributed by atoms with van der Waals surface area (Å²) >= 11 is 0. The Morgan fingerprint density at radius 1 is 1.08 bits per heavy atom. The van der Waals surface area contributed by atoms with Crippen molar-refractivity contribution in [3.63, 3.8) is 0 Å². The van der Waals surface area contributed by atoms with Crippen molar-refractivity contribution in [2.75, 3.05) is 19.0 Å². The van der Waals surface area contributed by atoms with E-state index in [1.165, 1.54) is 5.56 Å². The molecule has 1 heterocycles. The van der Waals surface area contributed by atoms with Crippen LogP contribution in [0.15, 0.2) is 54.6 Å². The Kier molecular flexibility index (Phi) is 4.70. The smallest absolute Gasteiger partial charge is 0.253 e. The van der Waals surface area contributed by atoms with Gasteiger partial charge in [0.25, 0.3) is 11.8 Å². The Morgan fingerprint density at radius 2 is 1.76 bits per heavy atom. The molecule has 2 aromatic rings. The summed E-state index contributed by atoms with van der Waals surface area (Å²) in [5.74, 6) is -0.0556. The molecular formula is C21H22N2O2. The Morgan fingerprint density at radius 3 is 2.44 bits per heavy atom. The predicted octanol–water partition coefficient (Wildman–Crippen LogP) is 3.38. The topological polar surface area (TPSA) is 40.6 Å². The van der Waals surface area contributed by atoms with Crippen molar-refractivity contribution in [1.29, 1.82) is 0 Å². The van der Waals surface area contributed by atoms with Gasteiger partial charge in [-0.05, 0) is 48.7 Å². The summed E-state index contributed by atoms with van der Waals surface area (Å²) in [5.41, 5.74) is 3.74. The van der Waals surface area contributed by atoms with Gasteiger partial charge in [0.1, 0.15) is 0 Å². The van der Waals surface area contributed by atoms with E-state index >= 15 is 0 Å². The van der Waals surface area contributed by atoms with Gasteiger partial charge in [0.2, 0.25) is 0 Å². The zero-order chi connectivity index (χ0) is 18.0. The van der Waals surface area contributed by atoms with Crippen molar-refractivity contribution in [2.24, 2.45) is 0 Å². The molecule has 4 nitrogen and oxygen atoms in total. The summed E-state index contributed by atoms with van der Waals surface area (Å²) in [5, 5.41) is 0. The number of hydrogen-bond donors (Lipinski definition) is 0. The summed E-state index contributed by atoms with van der Waals surface area (Å²) in [6.07, 6.45) is 4.28. The molecule has 0 fully saturated rings. The zero-order valence-corrected chi connectivity index (χ0v) is 14.8. The monoisotopic (exact) mass is 334 g/mol. The number of amides is 2. The van der Waals surface area contributed by atoms with Crippen molar-refractivity contribution >= 4 is 23.6 Å². The number of benzene rings is 2. The molecule has 0 aliphatic carbocycles. The number of carbonyl (C=O) groups is 2. The lowest BCUT2D eigenvalue weighted by atomic mass is 10.1. The average Bonchev–Trinajstić information content (AvgIpc) is 2.95. The number of hydrogen-bond acceptors (Lipinski definition) is 2. The molecule has 1 unspecified atom stereocenters. The van der Waals surface area contributed by atoms with Crippen LogP contribution in [0.5, 0.6) is 0 Å². The molecule has 0 saturated heterocycles. The van der Waals surface area contributed by atoms with Crippen LogP contribution in [0.4, 0.5) is 5.69 Å². The first-order chi connectivity index (χ1) is 12.0. The highest BCUT2D eigenvalue weighted by Crippen LogP contribution is 2.32. The van der Waals surface area contributed by atoms with E-state index in [1.54, 1.807) is 43.3 Å². The van der Waals surface area contributed by atoms with E-state index in [9.17, 15) is 9.59 Å². The molecule has 2 aromatic carbocycles. The van der Waals surface area contributed by atoms with Crippen LogP contribution < -0.4 is 4.90 Å². The molecular weight excluding hydrogens is 312 g/mol. The Balaban J connectivity index is 1.74. The molecule has 1 aliphatic heterocycles. The molecule has 0 bridgehead atoms. The average molecular weight is 334 g/mol. The van der Waals surface area contributed by atoms with Crippen LogP contribution >= 0.6 is 0 Å². The number of carbonyl (C=O) groups excluding carboxylic acids is 2. The second-order valence-corrected chi connectivity index (χ2v) is 6.55. The van der Waals surface area contributed by atoms with E-state index in [1.807, 2.05) is 35.2 Å². The van der Waals surface area contributed by atoms with Crippen LogP contribution in [-0.4, -0.2) is 36.9 Å². The molecule has 0 radical (unpaired) electrons. The summed E-state index contributed by atoms with van der Waals surface area (Å²) < 4.78 is 0. The first-order valence-electron chi connectivity index (χ1n) is 8.38. The number of rotatable bonds is 3. The normalized spacial score (nSPS) is 16.1. The maximum absolute atomic E-state index is 12.6. The minimum atomic E-state index is -0.0332. The number of fused-ring (bicyclic) bond motifs is 1. The maximum atomic E-state index is 12.6. The van der Waals surface area contributed by atoms with Crippen LogP contribution in [0, 0.1) is 0 Å². The quantitative estimate of drug-likeness (QED) is 0.808. The molecule has 1 atom stereocenters. The van der Waals surface area contributed by atoms with Gasteiger partial charge in [0, 0.05) is 37.5 Å². The summed E-state index contributed by atoms with van der Waals surface area (Å²) in [6, 6.07) is 15.4. The van der Waals surface area contributed by atoms with E-state index in [-0.39, 0.29) is 17.9 Å². The summed E-state index contributed by atoms with van der Waals surface area (Å²) in [4.78, 5) is 27.9. The van der Waals surface area contributed by atoms with Gasteiger partial charge in [0.05, 0.1) is 0 Å². The fourth-order valence-electron chi connectivity index (χ4n) is 3.14. The molecule has 0 saturated carbocycles. The minimum absolute atomic E-state index is 0.0223. The Hall–Kier alpha value is -2.88. The molecule has 0 N–H and O–H groups in total. The van der Waals surface area contributed by atoms with Gasteiger partial charge in [-0.25, -0.2) is 0 Å². The maximum Gasteiger partial charge on any atom is 0.253 e. The van der Waals surface area contributed by atoms with Gasteiger partial charge in [-0.2, -0.15) is 0 Å². The van der Waals surface area contributed by atoms with Crippen LogP contribution in [0.3, 0.4) is 0 Å². The van der Waals surface area contributed by atoms with Gasteiger partial charge >= 0.3 is 0 Å². The highest BCUT2D eigenvalue weighted by molar-refractivity contribution is 6.05. The molecule has 4 heteroatoms. The largest absolute Gasteiger partial charge is 0.345 e. The zero-order valence-electron chi connectivity index (χ0n) is 14.8. The van der Waals surface area contributed by atoms with E-state index < -0.39 is 0 Å². The number of para-hydroxylation sites is 1. The van der Waals surface area contributed by atoms with Crippen molar-refractivity contribution in [3.05, 3.63) is 71.3 Å². The Bertz CT molecular complexity index is 822. The summed E-state index contributed by atoms with van der Waals surface area (Å²) in [6.45, 7) is 2.06. The van der Waals surface area contributed by atoms with E-state index in [2.05, 4.69) is 13.0 Å². The van der Waals surface area contributed by atoms with Crippen LogP contribution in [0.1, 0.15) is 28.4 Å². The van der Waals surface area contributed by atoms with E-state index in [0.717, 1.165) is 17.7 Å². The van der Waals surface area contributed by atoms with Crippen LogP contribution in [-0.2, 0) is 11.2 Å². The fraction of sp³-hybridized carbons (Fsp3) is 0.238.